The second kappa shape index (κ2) is 8.01. The number of aromatic nitrogens is 2. The van der Waals surface area contributed by atoms with Crippen molar-refractivity contribution in [3.63, 3.8) is 0 Å². The van der Waals surface area contributed by atoms with Crippen molar-refractivity contribution < 1.29 is 13.9 Å². The summed E-state index contributed by atoms with van der Waals surface area (Å²) in [5, 5.41) is 7.69. The first kappa shape index (κ1) is 17.9. The molecule has 3 rings (SSSR count). The van der Waals surface area contributed by atoms with E-state index in [1.807, 2.05) is 12.1 Å². The minimum atomic E-state index is -0.495. The van der Waals surface area contributed by atoms with Gasteiger partial charge in [-0.3, -0.25) is 4.79 Å². The molecule has 0 bridgehead atoms. The molecule has 3 aromatic rings. The first-order valence-electron chi connectivity index (χ1n) is 7.93. The number of ether oxygens (including phenoxy) is 1. The molecule has 7 heteroatoms. The summed E-state index contributed by atoms with van der Waals surface area (Å²) in [6.45, 7) is 0.497. The zero-order chi connectivity index (χ0) is 18.5. The Morgan fingerprint density at radius 3 is 2.62 bits per heavy atom. The van der Waals surface area contributed by atoms with Crippen molar-refractivity contribution in [2.75, 3.05) is 12.4 Å². The Bertz CT molecular complexity index is 909. The number of amides is 1. The lowest BCUT2D eigenvalue weighted by Gasteiger charge is -2.10. The average Bonchev–Trinajstić information content (AvgIpc) is 3.03. The maximum atomic E-state index is 13.7. The number of nitrogens with one attached hydrogen (secondary N) is 1. The van der Waals surface area contributed by atoms with Crippen LogP contribution in [0, 0.1) is 5.82 Å². The Hall–Kier alpha value is -2.86. The number of carbonyl (C=O) groups is 1. The molecule has 0 aliphatic rings. The molecule has 0 aliphatic carbocycles. The van der Waals surface area contributed by atoms with Crippen LogP contribution in [-0.4, -0.2) is 22.8 Å². The molecule has 0 aliphatic heterocycles. The first-order chi connectivity index (χ1) is 12.5. The summed E-state index contributed by atoms with van der Waals surface area (Å²) in [4.78, 5) is 12.3. The molecule has 26 heavy (non-hydrogen) atoms. The van der Waals surface area contributed by atoms with Gasteiger partial charge in [0, 0.05) is 11.1 Å². The fourth-order valence-corrected chi connectivity index (χ4v) is 2.65. The molecule has 2 aromatic carbocycles. The third-order valence-corrected chi connectivity index (χ3v) is 4.06. The van der Waals surface area contributed by atoms with Crippen molar-refractivity contribution in [1.29, 1.82) is 0 Å². The number of rotatable bonds is 6. The van der Waals surface area contributed by atoms with Crippen LogP contribution in [0.2, 0.25) is 5.02 Å². The molecule has 1 heterocycles. The topological polar surface area (TPSA) is 56.1 Å². The van der Waals surface area contributed by atoms with E-state index in [-0.39, 0.29) is 18.1 Å². The van der Waals surface area contributed by atoms with Crippen LogP contribution in [0.15, 0.2) is 54.7 Å². The summed E-state index contributed by atoms with van der Waals surface area (Å²) < 4.78 is 20.3. The van der Waals surface area contributed by atoms with Crippen molar-refractivity contribution in [2.45, 2.75) is 13.0 Å². The standard InChI is InChI=1S/C19H17ClFN3O2/c1-26-17-7-4-14(10-16(17)21)11-19(25)23-18-8-9-22-24(18)12-13-2-5-15(20)6-3-13/h2-10H,11-12H2,1H3,(H,23,25). The Morgan fingerprint density at radius 1 is 1.19 bits per heavy atom. The molecule has 5 nitrogen and oxygen atoms in total. The highest BCUT2D eigenvalue weighted by atomic mass is 35.5. The van der Waals surface area contributed by atoms with Gasteiger partial charge in [0.2, 0.25) is 5.91 Å². The van der Waals surface area contributed by atoms with Crippen LogP contribution in [0.5, 0.6) is 5.75 Å². The summed E-state index contributed by atoms with van der Waals surface area (Å²) in [5.41, 5.74) is 1.57. The van der Waals surface area contributed by atoms with Crippen molar-refractivity contribution >= 4 is 23.3 Å². The monoisotopic (exact) mass is 373 g/mol. The average molecular weight is 374 g/mol. The van der Waals surface area contributed by atoms with Crippen LogP contribution in [0.25, 0.3) is 0 Å². The molecule has 0 unspecified atom stereocenters. The van der Waals surface area contributed by atoms with Gasteiger partial charge in [0.25, 0.3) is 0 Å². The van der Waals surface area contributed by atoms with E-state index in [1.54, 1.807) is 35.1 Å². The minimum Gasteiger partial charge on any atom is -0.494 e. The number of hydrogen-bond donors (Lipinski definition) is 1. The van der Waals surface area contributed by atoms with Crippen LogP contribution in [0.1, 0.15) is 11.1 Å². The summed E-state index contributed by atoms with van der Waals surface area (Å²) in [7, 11) is 1.40. The third kappa shape index (κ3) is 4.40. The second-order valence-corrected chi connectivity index (χ2v) is 6.13. The smallest absolute Gasteiger partial charge is 0.229 e. The normalized spacial score (nSPS) is 10.6. The highest BCUT2D eigenvalue weighted by Crippen LogP contribution is 2.18. The first-order valence-corrected chi connectivity index (χ1v) is 8.31. The molecule has 0 saturated carbocycles. The lowest BCUT2D eigenvalue weighted by molar-refractivity contribution is -0.115. The van der Waals surface area contributed by atoms with Crippen molar-refractivity contribution in [3.05, 3.63) is 76.7 Å². The molecule has 134 valence electrons. The van der Waals surface area contributed by atoms with Gasteiger partial charge in [0.1, 0.15) is 5.82 Å². The third-order valence-electron chi connectivity index (χ3n) is 3.81. The highest BCUT2D eigenvalue weighted by molar-refractivity contribution is 6.30. The van der Waals surface area contributed by atoms with E-state index < -0.39 is 5.82 Å². The van der Waals surface area contributed by atoms with Gasteiger partial charge in [0.05, 0.1) is 26.3 Å². The van der Waals surface area contributed by atoms with E-state index in [9.17, 15) is 9.18 Å². The van der Waals surface area contributed by atoms with E-state index in [0.29, 0.717) is 22.9 Å². The summed E-state index contributed by atoms with van der Waals surface area (Å²) >= 11 is 5.89. The van der Waals surface area contributed by atoms with Crippen LogP contribution < -0.4 is 10.1 Å². The van der Waals surface area contributed by atoms with Crippen LogP contribution in [-0.2, 0) is 17.8 Å². The Kier molecular flexibility index (Phi) is 5.53. The van der Waals surface area contributed by atoms with Gasteiger partial charge in [-0.1, -0.05) is 29.8 Å². The van der Waals surface area contributed by atoms with Crippen molar-refractivity contribution in [1.82, 2.24) is 9.78 Å². The number of methoxy groups -OCH3 is 1. The predicted molar refractivity (Wildman–Crippen MR) is 98.1 cm³/mol. The molecule has 0 atom stereocenters. The molecule has 0 radical (unpaired) electrons. The SMILES string of the molecule is COc1ccc(CC(=O)Nc2ccnn2Cc2ccc(Cl)cc2)cc1F. The van der Waals surface area contributed by atoms with Crippen molar-refractivity contribution in [3.8, 4) is 5.75 Å². The number of carbonyl (C=O) groups excluding carboxylic acids is 1. The van der Waals surface area contributed by atoms with Gasteiger partial charge in [0.15, 0.2) is 11.6 Å². The molecular formula is C19H17ClFN3O2. The van der Waals surface area contributed by atoms with Gasteiger partial charge in [-0.2, -0.15) is 5.10 Å². The molecule has 1 amide bonds. The Labute approximate surface area is 155 Å². The number of halogens is 2. The molecule has 0 saturated heterocycles. The largest absolute Gasteiger partial charge is 0.494 e. The van der Waals surface area contributed by atoms with Gasteiger partial charge < -0.3 is 10.1 Å². The van der Waals surface area contributed by atoms with Crippen LogP contribution in [0.4, 0.5) is 10.2 Å². The fraction of sp³-hybridized carbons (Fsp3) is 0.158. The van der Waals surface area contributed by atoms with E-state index in [2.05, 4.69) is 10.4 Å². The van der Waals surface area contributed by atoms with Crippen LogP contribution >= 0.6 is 11.6 Å². The summed E-state index contributed by atoms with van der Waals surface area (Å²) in [5.74, 6) is -0.0351. The zero-order valence-electron chi connectivity index (χ0n) is 14.1. The van der Waals surface area contributed by atoms with E-state index >= 15 is 0 Å². The van der Waals surface area contributed by atoms with Gasteiger partial charge in [-0.25, -0.2) is 9.07 Å². The molecule has 0 fully saturated rings. The molecule has 1 aromatic heterocycles. The molecule has 0 spiro atoms. The number of nitrogens with zero attached hydrogens (tertiary/aromatic N) is 2. The number of hydrogen-bond acceptors (Lipinski definition) is 3. The minimum absolute atomic E-state index is 0.0487. The van der Waals surface area contributed by atoms with Gasteiger partial charge in [-0.05, 0) is 35.4 Å². The van der Waals surface area contributed by atoms with E-state index in [4.69, 9.17) is 16.3 Å². The Balaban J connectivity index is 1.65. The molecule has 1 N–H and O–H groups in total. The lowest BCUT2D eigenvalue weighted by Crippen LogP contribution is -2.18. The van der Waals surface area contributed by atoms with E-state index in [0.717, 1.165) is 5.56 Å². The molecular weight excluding hydrogens is 357 g/mol. The number of anilines is 1. The number of benzene rings is 2. The highest BCUT2D eigenvalue weighted by Gasteiger charge is 2.11. The lowest BCUT2D eigenvalue weighted by atomic mass is 10.1. The van der Waals surface area contributed by atoms with Gasteiger partial charge in [-0.15, -0.1) is 0 Å². The zero-order valence-corrected chi connectivity index (χ0v) is 14.8. The maximum absolute atomic E-state index is 13.7. The second-order valence-electron chi connectivity index (χ2n) is 5.69. The maximum Gasteiger partial charge on any atom is 0.229 e. The Morgan fingerprint density at radius 2 is 1.92 bits per heavy atom. The summed E-state index contributed by atoms with van der Waals surface area (Å²) in [6.07, 6.45) is 1.66. The van der Waals surface area contributed by atoms with Crippen LogP contribution in [0.3, 0.4) is 0 Å². The van der Waals surface area contributed by atoms with Crippen molar-refractivity contribution in [2.24, 2.45) is 0 Å². The fourth-order valence-electron chi connectivity index (χ4n) is 2.52. The van der Waals surface area contributed by atoms with Gasteiger partial charge >= 0.3 is 0 Å². The quantitative estimate of drug-likeness (QED) is 0.712. The predicted octanol–water partition coefficient (Wildman–Crippen LogP) is 3.91. The summed E-state index contributed by atoms with van der Waals surface area (Å²) in [6, 6.07) is 13.6. The van der Waals surface area contributed by atoms with E-state index in [1.165, 1.54) is 19.2 Å².